The number of fused-ring (bicyclic) bond motifs is 1. The van der Waals surface area contributed by atoms with Crippen molar-refractivity contribution < 1.29 is 9.53 Å². The maximum absolute atomic E-state index is 12.2. The summed E-state index contributed by atoms with van der Waals surface area (Å²) in [6.07, 6.45) is 0. The maximum Gasteiger partial charge on any atom is 0.234 e. The van der Waals surface area contributed by atoms with E-state index in [0.29, 0.717) is 32.6 Å². The summed E-state index contributed by atoms with van der Waals surface area (Å²) < 4.78 is 5.21. The number of halogens is 1. The molecule has 0 aliphatic rings. The fourth-order valence-corrected chi connectivity index (χ4v) is 3.30. The molecule has 0 bridgehead atoms. The number of thioether (sulfide) groups is 1. The number of ether oxygens (including phenoxy) is 1. The normalized spacial score (nSPS) is 10.3. The molecule has 0 aliphatic heterocycles. The molecule has 2 aromatic carbocycles. The zero-order valence-corrected chi connectivity index (χ0v) is 15.4. The monoisotopic (exact) mass is 383 g/mol. The molecular weight excluding hydrogens is 370 g/mol. The fraction of sp³-hybridized carbons (Fsp3) is 0.105. The van der Waals surface area contributed by atoms with Crippen molar-refractivity contribution in [2.45, 2.75) is 5.03 Å². The number of nitriles is 1. The number of methoxy groups -OCH3 is 1. The Morgan fingerprint density at radius 2 is 2.15 bits per heavy atom. The minimum absolute atomic E-state index is 0.129. The second-order valence-corrected chi connectivity index (χ2v) is 6.76. The standard InChI is InChI=1S/C19H14ClN3O2S/c1-25-16-6-5-12-7-13(10-21)19(23-17(12)9-16)26-11-18(24)22-15-4-2-3-14(20)8-15/h2-9H,11H2,1H3,(H,22,24). The van der Waals surface area contributed by atoms with E-state index in [4.69, 9.17) is 16.3 Å². The van der Waals surface area contributed by atoms with Gasteiger partial charge in [-0.15, -0.1) is 0 Å². The number of rotatable bonds is 5. The number of carbonyl (C=O) groups excluding carboxylic acids is 1. The SMILES string of the molecule is COc1ccc2cc(C#N)c(SCC(=O)Nc3cccc(Cl)c3)nc2c1. The molecule has 3 rings (SSSR count). The Morgan fingerprint density at radius 1 is 1.31 bits per heavy atom. The van der Waals surface area contributed by atoms with Crippen LogP contribution in [-0.2, 0) is 4.79 Å². The van der Waals surface area contributed by atoms with Gasteiger partial charge in [0, 0.05) is 22.2 Å². The zero-order valence-electron chi connectivity index (χ0n) is 13.8. The number of hydrogen-bond donors (Lipinski definition) is 1. The van der Waals surface area contributed by atoms with Crippen molar-refractivity contribution in [1.29, 1.82) is 5.26 Å². The second-order valence-electron chi connectivity index (χ2n) is 5.36. The zero-order chi connectivity index (χ0) is 18.5. The molecule has 1 amide bonds. The minimum atomic E-state index is -0.200. The van der Waals surface area contributed by atoms with Crippen molar-refractivity contribution in [3.8, 4) is 11.8 Å². The summed E-state index contributed by atoms with van der Waals surface area (Å²) >= 11 is 7.12. The molecule has 130 valence electrons. The van der Waals surface area contributed by atoms with Crippen molar-refractivity contribution in [3.05, 3.63) is 59.1 Å². The van der Waals surface area contributed by atoms with E-state index in [9.17, 15) is 10.1 Å². The van der Waals surface area contributed by atoms with Gasteiger partial charge in [0.05, 0.1) is 23.9 Å². The number of anilines is 1. The first-order valence-electron chi connectivity index (χ1n) is 7.66. The Kier molecular flexibility index (Phi) is 5.61. The molecule has 7 heteroatoms. The van der Waals surface area contributed by atoms with Gasteiger partial charge in [-0.1, -0.05) is 29.4 Å². The summed E-state index contributed by atoms with van der Waals surface area (Å²) in [6, 6.07) is 16.3. The number of benzene rings is 2. The predicted octanol–water partition coefficient (Wildman–Crippen LogP) is 4.50. The van der Waals surface area contributed by atoms with Crippen molar-refractivity contribution in [3.63, 3.8) is 0 Å². The predicted molar refractivity (Wildman–Crippen MR) is 104 cm³/mol. The molecule has 0 fully saturated rings. The molecule has 0 radical (unpaired) electrons. The fourth-order valence-electron chi connectivity index (χ4n) is 2.34. The van der Waals surface area contributed by atoms with Crippen molar-refractivity contribution in [2.75, 3.05) is 18.2 Å². The van der Waals surface area contributed by atoms with E-state index in [2.05, 4.69) is 16.4 Å². The van der Waals surface area contributed by atoms with Crippen LogP contribution >= 0.6 is 23.4 Å². The highest BCUT2D eigenvalue weighted by atomic mass is 35.5. The van der Waals surface area contributed by atoms with Crippen LogP contribution in [0.25, 0.3) is 10.9 Å². The highest BCUT2D eigenvalue weighted by molar-refractivity contribution is 8.00. The van der Waals surface area contributed by atoms with E-state index in [-0.39, 0.29) is 11.7 Å². The summed E-state index contributed by atoms with van der Waals surface area (Å²) in [5, 5.41) is 14.0. The molecular formula is C19H14ClN3O2S. The van der Waals surface area contributed by atoms with Gasteiger partial charge in [0.15, 0.2) is 0 Å². The van der Waals surface area contributed by atoms with Crippen LogP contribution in [0.4, 0.5) is 5.69 Å². The van der Waals surface area contributed by atoms with Gasteiger partial charge in [0.1, 0.15) is 16.8 Å². The molecule has 0 spiro atoms. The first-order chi connectivity index (χ1) is 12.6. The lowest BCUT2D eigenvalue weighted by Gasteiger charge is -2.08. The van der Waals surface area contributed by atoms with E-state index in [0.717, 1.165) is 5.39 Å². The van der Waals surface area contributed by atoms with Crippen LogP contribution in [0.5, 0.6) is 5.75 Å². The van der Waals surface area contributed by atoms with Gasteiger partial charge in [0.25, 0.3) is 0 Å². The molecule has 0 saturated carbocycles. The Morgan fingerprint density at radius 3 is 2.88 bits per heavy atom. The Labute approximate surface area is 159 Å². The van der Waals surface area contributed by atoms with Gasteiger partial charge in [0.2, 0.25) is 5.91 Å². The largest absolute Gasteiger partial charge is 0.497 e. The molecule has 0 saturated heterocycles. The lowest BCUT2D eigenvalue weighted by atomic mass is 10.1. The molecule has 0 unspecified atom stereocenters. The minimum Gasteiger partial charge on any atom is -0.497 e. The van der Waals surface area contributed by atoms with Crippen molar-refractivity contribution in [2.24, 2.45) is 0 Å². The van der Waals surface area contributed by atoms with Crippen LogP contribution in [0, 0.1) is 11.3 Å². The number of nitrogens with one attached hydrogen (secondary N) is 1. The summed E-state index contributed by atoms with van der Waals surface area (Å²) in [5.74, 6) is 0.613. The summed E-state index contributed by atoms with van der Waals surface area (Å²) in [5.41, 5.74) is 1.77. The number of carbonyl (C=O) groups is 1. The Balaban J connectivity index is 1.77. The van der Waals surface area contributed by atoms with Crippen LogP contribution in [0.3, 0.4) is 0 Å². The van der Waals surface area contributed by atoms with E-state index < -0.39 is 0 Å². The summed E-state index contributed by atoms with van der Waals surface area (Å²) in [7, 11) is 1.58. The number of amides is 1. The third-order valence-electron chi connectivity index (χ3n) is 3.56. The van der Waals surface area contributed by atoms with Gasteiger partial charge in [-0.2, -0.15) is 5.26 Å². The molecule has 26 heavy (non-hydrogen) atoms. The third-order valence-corrected chi connectivity index (χ3v) is 4.78. The first-order valence-corrected chi connectivity index (χ1v) is 9.02. The second kappa shape index (κ2) is 8.09. The number of aromatic nitrogens is 1. The number of hydrogen-bond acceptors (Lipinski definition) is 5. The van der Waals surface area contributed by atoms with Gasteiger partial charge in [-0.3, -0.25) is 4.79 Å². The Hall–Kier alpha value is -2.75. The van der Waals surface area contributed by atoms with Crippen LogP contribution in [0.15, 0.2) is 53.6 Å². The van der Waals surface area contributed by atoms with E-state index >= 15 is 0 Å². The van der Waals surface area contributed by atoms with Gasteiger partial charge in [-0.05, 0) is 36.4 Å². The molecule has 3 aromatic rings. The molecule has 0 atom stereocenters. The van der Waals surface area contributed by atoms with E-state index in [1.807, 2.05) is 12.1 Å². The quantitative estimate of drug-likeness (QED) is 0.656. The van der Waals surface area contributed by atoms with Crippen LogP contribution in [0.2, 0.25) is 5.02 Å². The lowest BCUT2D eigenvalue weighted by molar-refractivity contribution is -0.113. The average molecular weight is 384 g/mol. The molecule has 0 aliphatic carbocycles. The first kappa shape index (κ1) is 18.1. The molecule has 5 nitrogen and oxygen atoms in total. The molecule has 1 heterocycles. The van der Waals surface area contributed by atoms with Crippen molar-refractivity contribution >= 4 is 45.9 Å². The molecule has 1 N–H and O–H groups in total. The smallest absolute Gasteiger partial charge is 0.234 e. The number of nitrogens with zero attached hydrogens (tertiary/aromatic N) is 2. The lowest BCUT2D eigenvalue weighted by Crippen LogP contribution is -2.14. The third kappa shape index (κ3) is 4.26. The van der Waals surface area contributed by atoms with Gasteiger partial charge in [-0.25, -0.2) is 4.98 Å². The maximum atomic E-state index is 12.2. The number of pyridine rings is 1. The topological polar surface area (TPSA) is 75.0 Å². The summed E-state index contributed by atoms with van der Waals surface area (Å²) in [6.45, 7) is 0. The van der Waals surface area contributed by atoms with Crippen LogP contribution in [0.1, 0.15) is 5.56 Å². The van der Waals surface area contributed by atoms with E-state index in [1.54, 1.807) is 43.5 Å². The van der Waals surface area contributed by atoms with Crippen molar-refractivity contribution in [1.82, 2.24) is 4.98 Å². The van der Waals surface area contributed by atoms with Crippen LogP contribution in [-0.4, -0.2) is 23.8 Å². The molecule has 1 aromatic heterocycles. The van der Waals surface area contributed by atoms with Gasteiger partial charge >= 0.3 is 0 Å². The highest BCUT2D eigenvalue weighted by Gasteiger charge is 2.11. The van der Waals surface area contributed by atoms with Gasteiger partial charge < -0.3 is 10.1 Å². The Bertz CT molecular complexity index is 1020. The van der Waals surface area contributed by atoms with E-state index in [1.165, 1.54) is 11.8 Å². The summed E-state index contributed by atoms with van der Waals surface area (Å²) in [4.78, 5) is 16.7. The average Bonchev–Trinajstić information content (AvgIpc) is 2.65. The van der Waals surface area contributed by atoms with Crippen LogP contribution < -0.4 is 10.1 Å². The highest BCUT2D eigenvalue weighted by Crippen LogP contribution is 2.27.